The van der Waals surface area contributed by atoms with Crippen molar-refractivity contribution in [3.63, 3.8) is 0 Å². The van der Waals surface area contributed by atoms with Crippen LogP contribution in [-0.2, 0) is 23.8 Å². The van der Waals surface area contributed by atoms with Gasteiger partial charge in [0.25, 0.3) is 0 Å². The van der Waals surface area contributed by atoms with E-state index in [2.05, 4.69) is 0 Å². The summed E-state index contributed by atoms with van der Waals surface area (Å²) in [5.41, 5.74) is -1.20. The number of esters is 2. The van der Waals surface area contributed by atoms with E-state index in [-0.39, 0.29) is 25.6 Å². The van der Waals surface area contributed by atoms with Gasteiger partial charge in [-0.05, 0) is 40.0 Å². The number of carbonyl (C=O) groups is 2. The third-order valence-electron chi connectivity index (χ3n) is 6.39. The highest BCUT2D eigenvalue weighted by atomic mass is 16.6. The fourth-order valence-corrected chi connectivity index (χ4v) is 4.11. The SMILES string of the molecule is COCCCCCCCCCCCCCCC/C=C1\CC(CO)(COC(=O)C(C)(C)C)OC1=O. The lowest BCUT2D eigenvalue weighted by atomic mass is 9.96. The molecule has 0 aliphatic carbocycles. The summed E-state index contributed by atoms with van der Waals surface area (Å²) in [5.74, 6) is -0.779. The average Bonchev–Trinajstić information content (AvgIpc) is 3.12. The van der Waals surface area contributed by atoms with E-state index in [0.717, 1.165) is 25.9 Å². The third kappa shape index (κ3) is 12.9. The zero-order chi connectivity index (χ0) is 25.3. The number of methoxy groups -OCH3 is 1. The van der Waals surface area contributed by atoms with Crippen LogP contribution < -0.4 is 0 Å². The number of ether oxygens (including phenoxy) is 3. The molecule has 0 radical (unpaired) electrons. The molecule has 6 heteroatoms. The van der Waals surface area contributed by atoms with Gasteiger partial charge in [-0.15, -0.1) is 0 Å². The molecule has 0 spiro atoms. The highest BCUT2D eigenvalue weighted by molar-refractivity contribution is 5.91. The summed E-state index contributed by atoms with van der Waals surface area (Å²) in [7, 11) is 1.77. The maximum Gasteiger partial charge on any atom is 0.334 e. The Kier molecular flexibility index (Phi) is 15.4. The number of hydrogen-bond acceptors (Lipinski definition) is 6. The van der Waals surface area contributed by atoms with Crippen LogP contribution in [0.5, 0.6) is 0 Å². The standard InChI is InChI=1S/C28H50O6/c1-27(2,3)26(31)33-23-28(22-29)21-24(25(30)34-28)19-17-15-13-11-9-7-5-6-8-10-12-14-16-18-20-32-4/h19,29H,5-18,20-23H2,1-4H3/b24-19+. The summed E-state index contributed by atoms with van der Waals surface area (Å²) in [6.45, 7) is 5.72. The van der Waals surface area contributed by atoms with E-state index < -0.39 is 17.0 Å². The highest BCUT2D eigenvalue weighted by Gasteiger charge is 2.45. The molecule has 0 amide bonds. The van der Waals surface area contributed by atoms with Gasteiger partial charge < -0.3 is 19.3 Å². The number of unbranched alkanes of at least 4 members (excludes halogenated alkanes) is 13. The minimum atomic E-state index is -1.15. The van der Waals surface area contributed by atoms with Crippen LogP contribution in [0.1, 0.15) is 117 Å². The van der Waals surface area contributed by atoms with Crippen molar-refractivity contribution < 1.29 is 28.9 Å². The summed E-state index contributed by atoms with van der Waals surface area (Å²) in [6.07, 6.45) is 19.7. The third-order valence-corrected chi connectivity index (χ3v) is 6.39. The lowest BCUT2D eigenvalue weighted by Gasteiger charge is -2.26. The van der Waals surface area contributed by atoms with Gasteiger partial charge in [-0.1, -0.05) is 76.7 Å². The normalized spacial score (nSPS) is 19.6. The Hall–Kier alpha value is -1.40. The zero-order valence-corrected chi connectivity index (χ0v) is 22.3. The summed E-state index contributed by atoms with van der Waals surface area (Å²) >= 11 is 0. The van der Waals surface area contributed by atoms with Gasteiger partial charge in [-0.3, -0.25) is 4.79 Å². The van der Waals surface area contributed by atoms with Crippen molar-refractivity contribution in [2.75, 3.05) is 26.9 Å². The Morgan fingerprint density at radius 2 is 1.44 bits per heavy atom. The van der Waals surface area contributed by atoms with Gasteiger partial charge in [0.1, 0.15) is 6.61 Å². The fourth-order valence-electron chi connectivity index (χ4n) is 4.11. The van der Waals surface area contributed by atoms with Crippen LogP contribution in [0, 0.1) is 5.41 Å². The molecule has 1 saturated heterocycles. The molecule has 1 aliphatic rings. The van der Waals surface area contributed by atoms with E-state index in [1.54, 1.807) is 27.9 Å². The Labute approximate surface area is 207 Å². The predicted octanol–water partition coefficient (Wildman–Crippen LogP) is 6.29. The summed E-state index contributed by atoms with van der Waals surface area (Å²) in [6, 6.07) is 0. The number of carbonyl (C=O) groups excluding carboxylic acids is 2. The molecular formula is C28H50O6. The molecule has 1 aliphatic heterocycles. The van der Waals surface area contributed by atoms with Crippen LogP contribution in [0.4, 0.5) is 0 Å². The van der Waals surface area contributed by atoms with E-state index in [1.807, 2.05) is 6.08 Å². The second kappa shape index (κ2) is 17.1. The van der Waals surface area contributed by atoms with E-state index in [4.69, 9.17) is 14.2 Å². The van der Waals surface area contributed by atoms with Crippen LogP contribution in [0.2, 0.25) is 0 Å². The van der Waals surface area contributed by atoms with E-state index in [9.17, 15) is 14.7 Å². The largest absolute Gasteiger partial charge is 0.461 e. The molecule has 1 heterocycles. The highest BCUT2D eigenvalue weighted by Crippen LogP contribution is 2.32. The summed E-state index contributed by atoms with van der Waals surface area (Å²) < 4.78 is 15.8. The molecule has 1 N–H and O–H groups in total. The molecule has 0 bridgehead atoms. The molecular weight excluding hydrogens is 432 g/mol. The van der Waals surface area contributed by atoms with Gasteiger partial charge >= 0.3 is 11.9 Å². The molecule has 34 heavy (non-hydrogen) atoms. The van der Waals surface area contributed by atoms with Gasteiger partial charge in [-0.25, -0.2) is 4.79 Å². The molecule has 1 rings (SSSR count). The van der Waals surface area contributed by atoms with Crippen molar-refractivity contribution >= 4 is 11.9 Å². The lowest BCUT2D eigenvalue weighted by Crippen LogP contribution is -2.40. The number of cyclic esters (lactones) is 1. The Bertz CT molecular complexity index is 607. The monoisotopic (exact) mass is 482 g/mol. The van der Waals surface area contributed by atoms with Crippen molar-refractivity contribution in [1.29, 1.82) is 0 Å². The molecule has 1 atom stereocenters. The second-order valence-corrected chi connectivity index (χ2v) is 10.8. The van der Waals surface area contributed by atoms with Gasteiger partial charge in [-0.2, -0.15) is 0 Å². The van der Waals surface area contributed by atoms with Crippen LogP contribution in [0.15, 0.2) is 11.6 Å². The van der Waals surface area contributed by atoms with Crippen LogP contribution >= 0.6 is 0 Å². The zero-order valence-electron chi connectivity index (χ0n) is 22.3. The van der Waals surface area contributed by atoms with Crippen LogP contribution in [-0.4, -0.2) is 49.6 Å². The first-order valence-electron chi connectivity index (χ1n) is 13.4. The first-order valence-corrected chi connectivity index (χ1v) is 13.4. The first kappa shape index (κ1) is 30.6. The molecule has 6 nitrogen and oxygen atoms in total. The Morgan fingerprint density at radius 3 is 1.91 bits per heavy atom. The molecule has 1 unspecified atom stereocenters. The smallest absolute Gasteiger partial charge is 0.334 e. The Morgan fingerprint density at radius 1 is 0.941 bits per heavy atom. The number of hydrogen-bond donors (Lipinski definition) is 1. The summed E-state index contributed by atoms with van der Waals surface area (Å²) in [4.78, 5) is 24.3. The van der Waals surface area contributed by atoms with E-state index >= 15 is 0 Å². The molecule has 0 aromatic heterocycles. The first-order chi connectivity index (χ1) is 16.2. The lowest BCUT2D eigenvalue weighted by molar-refractivity contribution is -0.171. The minimum Gasteiger partial charge on any atom is -0.461 e. The van der Waals surface area contributed by atoms with Crippen molar-refractivity contribution in [3.05, 3.63) is 11.6 Å². The summed E-state index contributed by atoms with van der Waals surface area (Å²) in [5, 5.41) is 9.78. The molecule has 0 saturated carbocycles. The Balaban J connectivity index is 2.09. The van der Waals surface area contributed by atoms with E-state index in [1.165, 1.54) is 70.6 Å². The van der Waals surface area contributed by atoms with Crippen molar-refractivity contribution in [2.45, 2.75) is 123 Å². The second-order valence-electron chi connectivity index (χ2n) is 10.8. The van der Waals surface area contributed by atoms with Gasteiger partial charge in [0.15, 0.2) is 5.60 Å². The fraction of sp³-hybridized carbons (Fsp3) is 0.857. The quantitative estimate of drug-likeness (QED) is 0.132. The predicted molar refractivity (Wildman–Crippen MR) is 136 cm³/mol. The van der Waals surface area contributed by atoms with Gasteiger partial charge in [0, 0.05) is 25.7 Å². The number of aliphatic hydroxyl groups is 1. The number of rotatable bonds is 19. The minimum absolute atomic E-state index is 0.114. The van der Waals surface area contributed by atoms with Gasteiger partial charge in [0.05, 0.1) is 12.0 Å². The maximum atomic E-state index is 12.2. The van der Waals surface area contributed by atoms with Crippen LogP contribution in [0.3, 0.4) is 0 Å². The van der Waals surface area contributed by atoms with Crippen molar-refractivity contribution in [1.82, 2.24) is 0 Å². The topological polar surface area (TPSA) is 82.1 Å². The van der Waals surface area contributed by atoms with Crippen molar-refractivity contribution in [2.24, 2.45) is 5.41 Å². The maximum absolute atomic E-state index is 12.2. The number of allylic oxidation sites excluding steroid dienone is 1. The molecule has 1 fully saturated rings. The molecule has 0 aromatic carbocycles. The number of aliphatic hydroxyl groups excluding tert-OH is 1. The average molecular weight is 483 g/mol. The van der Waals surface area contributed by atoms with Crippen molar-refractivity contribution in [3.8, 4) is 0 Å². The molecule has 0 aromatic rings. The van der Waals surface area contributed by atoms with E-state index in [0.29, 0.717) is 5.57 Å². The molecule has 198 valence electrons. The van der Waals surface area contributed by atoms with Gasteiger partial charge in [0.2, 0.25) is 0 Å². The van der Waals surface area contributed by atoms with Crippen LogP contribution in [0.25, 0.3) is 0 Å².